The number of aryl methyl sites for hydroxylation is 2. The summed E-state index contributed by atoms with van der Waals surface area (Å²) in [5.41, 5.74) is 5.78. The lowest BCUT2D eigenvalue weighted by molar-refractivity contribution is 0.0659. The first kappa shape index (κ1) is 20.8. The van der Waals surface area contributed by atoms with Crippen LogP contribution in [0.15, 0.2) is 36.7 Å². The summed E-state index contributed by atoms with van der Waals surface area (Å²) in [6, 6.07) is 8.42. The van der Waals surface area contributed by atoms with Crippen LogP contribution < -0.4 is 0 Å². The number of fused-ring (bicyclic) bond motifs is 3. The maximum Gasteiger partial charge on any atom is 0.257 e. The van der Waals surface area contributed by atoms with Crippen molar-refractivity contribution in [2.24, 2.45) is 0 Å². The van der Waals surface area contributed by atoms with Gasteiger partial charge in [-0.2, -0.15) is 9.78 Å². The Kier molecular flexibility index (Phi) is 5.71. The Morgan fingerprint density at radius 3 is 2.66 bits per heavy atom. The number of aromatic nitrogens is 4. The SMILES string of the molecule is COCc1c(C(=O)N2CCN(C)CC2)cnn1-c1ncc2c(n1)-c1ccccc1CCC2. The van der Waals surface area contributed by atoms with Gasteiger partial charge in [0.15, 0.2) is 0 Å². The Balaban J connectivity index is 1.54. The molecule has 1 aliphatic heterocycles. The summed E-state index contributed by atoms with van der Waals surface area (Å²) in [6.07, 6.45) is 6.58. The van der Waals surface area contributed by atoms with Crippen LogP contribution in [0, 0.1) is 0 Å². The van der Waals surface area contributed by atoms with Gasteiger partial charge in [-0.15, -0.1) is 0 Å². The second kappa shape index (κ2) is 8.80. The van der Waals surface area contributed by atoms with E-state index in [4.69, 9.17) is 9.72 Å². The number of hydrogen-bond acceptors (Lipinski definition) is 6. The molecule has 0 bridgehead atoms. The molecule has 1 amide bonds. The first-order valence-electron chi connectivity index (χ1n) is 11.1. The Morgan fingerprint density at radius 1 is 1.06 bits per heavy atom. The molecule has 0 atom stereocenters. The number of nitrogens with zero attached hydrogens (tertiary/aromatic N) is 6. The fourth-order valence-corrected chi connectivity index (χ4v) is 4.53. The van der Waals surface area contributed by atoms with E-state index in [2.05, 4.69) is 40.2 Å². The van der Waals surface area contributed by atoms with Gasteiger partial charge in [0.05, 0.1) is 29.8 Å². The van der Waals surface area contributed by atoms with E-state index in [1.165, 1.54) is 5.56 Å². The van der Waals surface area contributed by atoms with Crippen molar-refractivity contribution < 1.29 is 9.53 Å². The number of benzene rings is 1. The molecule has 3 aromatic rings. The molecule has 8 heteroatoms. The van der Waals surface area contributed by atoms with Crippen LogP contribution in [0.4, 0.5) is 0 Å². The van der Waals surface area contributed by atoms with E-state index in [0.29, 0.717) is 30.3 Å². The summed E-state index contributed by atoms with van der Waals surface area (Å²) in [5, 5.41) is 4.52. The number of likely N-dealkylation sites (N-methyl/N-ethyl adjacent to an activating group) is 1. The zero-order valence-corrected chi connectivity index (χ0v) is 18.6. The van der Waals surface area contributed by atoms with E-state index in [1.807, 2.05) is 17.2 Å². The molecule has 2 aliphatic rings. The molecule has 166 valence electrons. The molecule has 2 aromatic heterocycles. The number of hydrogen-bond donors (Lipinski definition) is 0. The van der Waals surface area contributed by atoms with Gasteiger partial charge in [-0.3, -0.25) is 4.79 Å². The Morgan fingerprint density at radius 2 is 1.84 bits per heavy atom. The molecule has 0 saturated carbocycles. The molecule has 5 rings (SSSR count). The van der Waals surface area contributed by atoms with Gasteiger partial charge in [0.1, 0.15) is 0 Å². The summed E-state index contributed by atoms with van der Waals surface area (Å²) in [7, 11) is 3.69. The molecular formula is C24H28N6O2. The second-order valence-electron chi connectivity index (χ2n) is 8.50. The average molecular weight is 433 g/mol. The average Bonchev–Trinajstić information content (AvgIpc) is 3.14. The Hall–Kier alpha value is -3.10. The predicted molar refractivity (Wildman–Crippen MR) is 121 cm³/mol. The molecule has 1 fully saturated rings. The summed E-state index contributed by atoms with van der Waals surface area (Å²) in [6.45, 7) is 3.41. The fraction of sp³-hybridized carbons (Fsp3) is 0.417. The van der Waals surface area contributed by atoms with Crippen molar-refractivity contribution in [1.82, 2.24) is 29.5 Å². The highest BCUT2D eigenvalue weighted by atomic mass is 16.5. The van der Waals surface area contributed by atoms with E-state index >= 15 is 0 Å². The monoisotopic (exact) mass is 432 g/mol. The number of ether oxygens (including phenoxy) is 1. The number of carbonyl (C=O) groups excluding carboxylic acids is 1. The number of piperazine rings is 1. The van der Waals surface area contributed by atoms with Gasteiger partial charge in [0.2, 0.25) is 0 Å². The maximum absolute atomic E-state index is 13.2. The third-order valence-electron chi connectivity index (χ3n) is 6.38. The van der Waals surface area contributed by atoms with Crippen molar-refractivity contribution >= 4 is 5.91 Å². The predicted octanol–water partition coefficient (Wildman–Crippen LogP) is 2.35. The molecule has 1 aromatic carbocycles. The van der Waals surface area contributed by atoms with Gasteiger partial charge in [0, 0.05) is 45.0 Å². The van der Waals surface area contributed by atoms with E-state index in [1.54, 1.807) is 18.0 Å². The van der Waals surface area contributed by atoms with Crippen LogP contribution in [0.1, 0.15) is 33.6 Å². The smallest absolute Gasteiger partial charge is 0.257 e. The van der Waals surface area contributed by atoms with Gasteiger partial charge < -0.3 is 14.5 Å². The standard InChI is InChI=1S/C24H28N6O2/c1-28-10-12-29(13-11-28)23(31)20-15-26-30(21(20)16-32-2)24-25-14-18-8-5-7-17-6-3-4-9-19(17)22(18)27-24/h3-4,6,9,14-15H,5,7-8,10-13,16H2,1-2H3. The third-order valence-corrected chi connectivity index (χ3v) is 6.38. The first-order chi connectivity index (χ1) is 15.7. The number of carbonyl (C=O) groups is 1. The van der Waals surface area contributed by atoms with Crippen LogP contribution in [-0.2, 0) is 24.2 Å². The maximum atomic E-state index is 13.2. The molecule has 8 nitrogen and oxygen atoms in total. The highest BCUT2D eigenvalue weighted by molar-refractivity contribution is 5.95. The van der Waals surface area contributed by atoms with Gasteiger partial charge in [-0.1, -0.05) is 24.3 Å². The zero-order valence-electron chi connectivity index (χ0n) is 18.6. The largest absolute Gasteiger partial charge is 0.378 e. The Labute approximate surface area is 187 Å². The van der Waals surface area contributed by atoms with Gasteiger partial charge in [0.25, 0.3) is 11.9 Å². The fourth-order valence-electron chi connectivity index (χ4n) is 4.53. The minimum Gasteiger partial charge on any atom is -0.378 e. The molecule has 0 unspecified atom stereocenters. The molecular weight excluding hydrogens is 404 g/mol. The lowest BCUT2D eigenvalue weighted by atomic mass is 10.0. The quantitative estimate of drug-likeness (QED) is 0.630. The zero-order chi connectivity index (χ0) is 22.1. The van der Waals surface area contributed by atoms with E-state index in [9.17, 15) is 4.79 Å². The number of amides is 1. The summed E-state index contributed by atoms with van der Waals surface area (Å²) in [4.78, 5) is 26.9. The van der Waals surface area contributed by atoms with Crippen molar-refractivity contribution in [2.75, 3.05) is 40.3 Å². The second-order valence-corrected chi connectivity index (χ2v) is 8.50. The van der Waals surface area contributed by atoms with Crippen LogP contribution in [0.5, 0.6) is 0 Å². The van der Waals surface area contributed by atoms with Crippen molar-refractivity contribution in [3.8, 4) is 17.2 Å². The van der Waals surface area contributed by atoms with Gasteiger partial charge >= 0.3 is 0 Å². The number of methoxy groups -OCH3 is 1. The third kappa shape index (κ3) is 3.80. The van der Waals surface area contributed by atoms with Crippen LogP contribution in [0.3, 0.4) is 0 Å². The molecule has 1 aliphatic carbocycles. The van der Waals surface area contributed by atoms with Gasteiger partial charge in [-0.25, -0.2) is 9.97 Å². The van der Waals surface area contributed by atoms with Crippen LogP contribution in [0.25, 0.3) is 17.2 Å². The van der Waals surface area contributed by atoms with E-state index in [0.717, 1.165) is 49.2 Å². The highest BCUT2D eigenvalue weighted by Gasteiger charge is 2.27. The Bertz CT molecular complexity index is 1130. The molecule has 3 heterocycles. The highest BCUT2D eigenvalue weighted by Crippen LogP contribution is 2.31. The molecule has 0 spiro atoms. The van der Waals surface area contributed by atoms with Crippen LogP contribution in [0.2, 0.25) is 0 Å². The molecule has 1 saturated heterocycles. The lowest BCUT2D eigenvalue weighted by Gasteiger charge is -2.32. The molecule has 32 heavy (non-hydrogen) atoms. The van der Waals surface area contributed by atoms with E-state index < -0.39 is 0 Å². The lowest BCUT2D eigenvalue weighted by Crippen LogP contribution is -2.47. The minimum absolute atomic E-state index is 0.0171. The van der Waals surface area contributed by atoms with E-state index in [-0.39, 0.29) is 12.5 Å². The van der Waals surface area contributed by atoms with Crippen molar-refractivity contribution in [3.05, 3.63) is 59.0 Å². The van der Waals surface area contributed by atoms with Crippen molar-refractivity contribution in [2.45, 2.75) is 25.9 Å². The van der Waals surface area contributed by atoms with Crippen molar-refractivity contribution in [1.29, 1.82) is 0 Å². The van der Waals surface area contributed by atoms with Crippen LogP contribution in [-0.4, -0.2) is 75.8 Å². The van der Waals surface area contributed by atoms with Crippen molar-refractivity contribution in [3.63, 3.8) is 0 Å². The van der Waals surface area contributed by atoms with Gasteiger partial charge in [-0.05, 0) is 37.4 Å². The first-order valence-corrected chi connectivity index (χ1v) is 11.1. The minimum atomic E-state index is -0.0171. The topological polar surface area (TPSA) is 76.4 Å². The number of rotatable bonds is 4. The molecule has 0 N–H and O–H groups in total. The normalized spacial score (nSPS) is 16.4. The summed E-state index contributed by atoms with van der Waals surface area (Å²) < 4.78 is 7.09. The van der Waals surface area contributed by atoms with Crippen LogP contribution >= 0.6 is 0 Å². The summed E-state index contributed by atoms with van der Waals surface area (Å²) in [5.74, 6) is 0.446. The molecule has 0 radical (unpaired) electrons. The summed E-state index contributed by atoms with van der Waals surface area (Å²) >= 11 is 0.